The summed E-state index contributed by atoms with van der Waals surface area (Å²) < 4.78 is 0. The summed E-state index contributed by atoms with van der Waals surface area (Å²) >= 11 is 0. The van der Waals surface area contributed by atoms with E-state index in [2.05, 4.69) is 116 Å². The molecule has 0 aliphatic rings. The van der Waals surface area contributed by atoms with Crippen molar-refractivity contribution in [3.63, 3.8) is 0 Å². The van der Waals surface area contributed by atoms with Crippen LogP contribution in [-0.2, 0) is 21.1 Å². The van der Waals surface area contributed by atoms with Crippen LogP contribution in [-0.4, -0.2) is 21.4 Å². The molecule has 0 spiro atoms. The van der Waals surface area contributed by atoms with Crippen LogP contribution in [0.3, 0.4) is 0 Å². The van der Waals surface area contributed by atoms with Crippen molar-refractivity contribution in [1.29, 1.82) is 0 Å². The Balaban J connectivity index is 0.00000549. The number of hydrogen-bond donors (Lipinski definition) is 2. The molecule has 0 aliphatic heterocycles. The van der Waals surface area contributed by atoms with Gasteiger partial charge in [0.05, 0.1) is 23.3 Å². The van der Waals surface area contributed by atoms with Crippen LogP contribution in [0.15, 0.2) is 132 Å². The third-order valence-corrected chi connectivity index (χ3v) is 10.8. The average Bonchev–Trinajstić information content (AvgIpc) is 3.19. The van der Waals surface area contributed by atoms with E-state index in [1.807, 2.05) is 66.7 Å². The summed E-state index contributed by atoms with van der Waals surface area (Å²) in [6.07, 6.45) is 1.75. The average molecular weight is 932 g/mol. The smallest absolute Gasteiger partial charge is 0.126 e. The monoisotopic (exact) mass is 931 g/mol. The Morgan fingerprint density at radius 1 is 0.491 bits per heavy atom. The van der Waals surface area contributed by atoms with E-state index >= 15 is 0 Å². The quantitative estimate of drug-likeness (QED) is 0.134. The molecule has 1 heterocycles. The van der Waals surface area contributed by atoms with E-state index in [1.54, 1.807) is 6.21 Å². The second-order valence-electron chi connectivity index (χ2n) is 16.1. The van der Waals surface area contributed by atoms with Crippen molar-refractivity contribution in [2.75, 3.05) is 0 Å². The Hall–Kier alpha value is -5.31. The fraction of sp³-hybridized carbons (Fsp3) is 0.231. The molecule has 0 atom stereocenters. The standard InChI is InChI=1S/C52H52N2O2.Pt/c1-31(2)41-18-13-19-42(32(3)4)50(41)37-23-24-45(48(55)28-37)47-27-38(35-15-10-9-11-16-35)26-40(54-47)30-53-46-22-12-17-36-25-39(29-49(56)52(36)46)51-43(33(5)6)20-14-21-44(51)34(7)8;/h9-34,55-56H,1-8H3;. The predicted octanol–water partition coefficient (Wildman–Crippen LogP) is 14.6. The van der Waals surface area contributed by atoms with Crippen molar-refractivity contribution in [3.05, 3.63) is 155 Å². The van der Waals surface area contributed by atoms with Crippen LogP contribution < -0.4 is 0 Å². The predicted molar refractivity (Wildman–Crippen MR) is 237 cm³/mol. The molecule has 0 fully saturated rings. The zero-order valence-electron chi connectivity index (χ0n) is 34.1. The van der Waals surface area contributed by atoms with Gasteiger partial charge in [-0.1, -0.05) is 140 Å². The molecule has 0 unspecified atom stereocenters. The van der Waals surface area contributed by atoms with E-state index in [9.17, 15) is 10.2 Å². The number of aromatic hydroxyl groups is 2. The van der Waals surface area contributed by atoms with E-state index in [-0.39, 0.29) is 32.6 Å². The number of aromatic nitrogens is 1. The Morgan fingerprint density at radius 3 is 1.60 bits per heavy atom. The number of hydrogen-bond acceptors (Lipinski definition) is 4. The molecule has 0 amide bonds. The van der Waals surface area contributed by atoms with E-state index in [0.29, 0.717) is 51.7 Å². The molecule has 6 aromatic carbocycles. The van der Waals surface area contributed by atoms with Crippen LogP contribution in [0.25, 0.3) is 55.4 Å². The second kappa shape index (κ2) is 17.4. The summed E-state index contributed by atoms with van der Waals surface area (Å²) in [6, 6.07) is 43.2. The van der Waals surface area contributed by atoms with Crippen molar-refractivity contribution < 1.29 is 31.3 Å². The number of rotatable bonds is 10. The number of phenols is 2. The first-order valence-corrected chi connectivity index (χ1v) is 19.9. The molecule has 0 bridgehead atoms. The van der Waals surface area contributed by atoms with Gasteiger partial charge in [0.25, 0.3) is 0 Å². The summed E-state index contributed by atoms with van der Waals surface area (Å²) in [5.74, 6) is 1.70. The van der Waals surface area contributed by atoms with Gasteiger partial charge in [0, 0.05) is 32.0 Å². The number of pyridine rings is 1. The zero-order chi connectivity index (χ0) is 39.7. The first-order valence-electron chi connectivity index (χ1n) is 19.9. The molecule has 7 rings (SSSR count). The summed E-state index contributed by atoms with van der Waals surface area (Å²) in [4.78, 5) is 9.98. The Kier molecular flexibility index (Phi) is 12.7. The first-order chi connectivity index (χ1) is 26.9. The fourth-order valence-electron chi connectivity index (χ4n) is 8.00. The largest absolute Gasteiger partial charge is 0.507 e. The molecule has 0 saturated heterocycles. The van der Waals surface area contributed by atoms with Crippen LogP contribution in [0, 0.1) is 0 Å². The molecular formula is C52H52N2O2Pt. The van der Waals surface area contributed by atoms with Gasteiger partial charge in [-0.2, -0.15) is 0 Å². The zero-order valence-corrected chi connectivity index (χ0v) is 36.4. The first kappa shape index (κ1) is 41.3. The summed E-state index contributed by atoms with van der Waals surface area (Å²) in [5, 5.41) is 24.9. The fourth-order valence-corrected chi connectivity index (χ4v) is 8.00. The Morgan fingerprint density at radius 2 is 1.04 bits per heavy atom. The Bertz CT molecular complexity index is 2520. The van der Waals surface area contributed by atoms with E-state index in [4.69, 9.17) is 9.98 Å². The molecular weight excluding hydrogens is 880 g/mol. The molecule has 5 heteroatoms. The van der Waals surface area contributed by atoms with Crippen LogP contribution >= 0.6 is 0 Å². The van der Waals surface area contributed by atoms with E-state index in [1.165, 1.54) is 33.4 Å². The SMILES string of the molecule is CC(C)c1cccc(C(C)C)c1-c1ccc(-c2cc(-c3ccccc3)cc(C=Nc3cccc4cc(-c5c(C(C)C)cccc5C(C)C)cc(O)c34)n2)c(O)c1.[Pt]. The minimum atomic E-state index is 0. The summed E-state index contributed by atoms with van der Waals surface area (Å²) in [7, 11) is 0. The van der Waals surface area contributed by atoms with Gasteiger partial charge >= 0.3 is 0 Å². The number of fused-ring (bicyclic) bond motifs is 1. The third-order valence-electron chi connectivity index (χ3n) is 10.8. The molecule has 0 aliphatic carbocycles. The van der Waals surface area contributed by atoms with Gasteiger partial charge in [-0.25, -0.2) is 4.98 Å². The van der Waals surface area contributed by atoms with Gasteiger partial charge in [0.15, 0.2) is 0 Å². The molecule has 0 radical (unpaired) electrons. The van der Waals surface area contributed by atoms with Crippen LogP contribution in [0.4, 0.5) is 5.69 Å². The number of benzene rings is 6. The van der Waals surface area contributed by atoms with Crippen LogP contribution in [0.1, 0.15) is 107 Å². The third kappa shape index (κ3) is 8.53. The van der Waals surface area contributed by atoms with Crippen molar-refractivity contribution in [3.8, 4) is 56.1 Å². The molecule has 292 valence electrons. The van der Waals surface area contributed by atoms with E-state index < -0.39 is 0 Å². The minimum absolute atomic E-state index is 0. The number of aliphatic imine (C=N–C) groups is 1. The Labute approximate surface area is 352 Å². The van der Waals surface area contributed by atoms with Crippen molar-refractivity contribution in [2.24, 2.45) is 4.99 Å². The van der Waals surface area contributed by atoms with Gasteiger partial charge in [0.2, 0.25) is 0 Å². The van der Waals surface area contributed by atoms with Gasteiger partial charge in [-0.3, -0.25) is 4.99 Å². The minimum Gasteiger partial charge on any atom is -0.507 e. The van der Waals surface area contributed by atoms with Gasteiger partial charge in [0.1, 0.15) is 11.5 Å². The van der Waals surface area contributed by atoms with Gasteiger partial charge < -0.3 is 10.2 Å². The molecule has 57 heavy (non-hydrogen) atoms. The number of phenolic OH excluding ortho intramolecular Hbond substituents is 2. The molecule has 1 aromatic heterocycles. The second-order valence-corrected chi connectivity index (χ2v) is 16.1. The van der Waals surface area contributed by atoms with Crippen molar-refractivity contribution in [2.45, 2.75) is 79.1 Å². The van der Waals surface area contributed by atoms with Crippen LogP contribution in [0.5, 0.6) is 11.5 Å². The maximum atomic E-state index is 11.7. The molecule has 2 N–H and O–H groups in total. The maximum absolute atomic E-state index is 11.7. The van der Waals surface area contributed by atoms with Crippen molar-refractivity contribution >= 4 is 22.7 Å². The van der Waals surface area contributed by atoms with Gasteiger partial charge in [-0.15, -0.1) is 0 Å². The van der Waals surface area contributed by atoms with Crippen LogP contribution in [0.2, 0.25) is 0 Å². The molecule has 0 saturated carbocycles. The number of nitrogens with zero attached hydrogens (tertiary/aromatic N) is 2. The normalized spacial score (nSPS) is 11.7. The summed E-state index contributed by atoms with van der Waals surface area (Å²) in [6.45, 7) is 17.7. The summed E-state index contributed by atoms with van der Waals surface area (Å²) in [5.41, 5.74) is 14.0. The maximum Gasteiger partial charge on any atom is 0.126 e. The van der Waals surface area contributed by atoms with Gasteiger partial charge in [-0.05, 0) is 127 Å². The topological polar surface area (TPSA) is 65.7 Å². The van der Waals surface area contributed by atoms with Crippen molar-refractivity contribution in [1.82, 2.24) is 4.98 Å². The van der Waals surface area contributed by atoms with E-state index in [0.717, 1.165) is 27.6 Å². The molecule has 7 aromatic rings. The molecule has 4 nitrogen and oxygen atoms in total.